The van der Waals surface area contributed by atoms with Crippen LogP contribution >= 0.6 is 0 Å². The van der Waals surface area contributed by atoms with E-state index in [4.69, 9.17) is 4.74 Å². The number of hydrogen-bond donors (Lipinski definition) is 0. The zero-order valence-corrected chi connectivity index (χ0v) is 16.6. The SMILES string of the molecule is O=C1OC[C@@H]2C(/C=C/c3ccc(-c4cc(F)cc(F)c4)cn3)C3CCCCC3CN12. The Morgan fingerprint density at radius 1 is 1.07 bits per heavy atom. The Hall–Kier alpha value is -2.76. The van der Waals surface area contributed by atoms with Gasteiger partial charge in [0.15, 0.2) is 0 Å². The Labute approximate surface area is 174 Å². The summed E-state index contributed by atoms with van der Waals surface area (Å²) in [5.74, 6) is 0.153. The van der Waals surface area contributed by atoms with Gasteiger partial charge < -0.3 is 9.64 Å². The predicted molar refractivity (Wildman–Crippen MR) is 109 cm³/mol. The molecule has 3 heterocycles. The van der Waals surface area contributed by atoms with E-state index in [0.29, 0.717) is 29.6 Å². The zero-order chi connectivity index (χ0) is 20.7. The predicted octanol–water partition coefficient (Wildman–Crippen LogP) is 5.30. The van der Waals surface area contributed by atoms with Crippen LogP contribution < -0.4 is 0 Å². The van der Waals surface area contributed by atoms with Crippen molar-refractivity contribution in [2.75, 3.05) is 13.2 Å². The molecule has 2 aromatic rings. The molecule has 0 N–H and O–H groups in total. The third-order valence-electron chi connectivity index (χ3n) is 6.82. The summed E-state index contributed by atoms with van der Waals surface area (Å²) in [6, 6.07) is 7.22. The van der Waals surface area contributed by atoms with E-state index in [9.17, 15) is 13.6 Å². The van der Waals surface area contributed by atoms with Crippen LogP contribution in [0.4, 0.5) is 13.6 Å². The minimum atomic E-state index is -0.605. The largest absolute Gasteiger partial charge is 0.447 e. The Morgan fingerprint density at radius 3 is 2.63 bits per heavy atom. The quantitative estimate of drug-likeness (QED) is 0.690. The van der Waals surface area contributed by atoms with E-state index in [1.54, 1.807) is 6.20 Å². The number of amides is 1. The summed E-state index contributed by atoms with van der Waals surface area (Å²) in [6.45, 7) is 1.27. The second-order valence-corrected chi connectivity index (χ2v) is 8.57. The number of carbonyl (C=O) groups excluding carboxylic acids is 1. The molecule has 1 amide bonds. The van der Waals surface area contributed by atoms with Crippen molar-refractivity contribution in [3.63, 3.8) is 0 Å². The van der Waals surface area contributed by atoms with Gasteiger partial charge in [0, 0.05) is 30.3 Å². The smallest absolute Gasteiger partial charge is 0.410 e. The molecule has 3 aliphatic rings. The third-order valence-corrected chi connectivity index (χ3v) is 6.82. The van der Waals surface area contributed by atoms with Crippen LogP contribution in [0.1, 0.15) is 31.4 Å². The number of nitrogens with zero attached hydrogens (tertiary/aromatic N) is 2. The third kappa shape index (κ3) is 3.59. The van der Waals surface area contributed by atoms with Crippen LogP contribution in [0.25, 0.3) is 17.2 Å². The molecular weight excluding hydrogens is 386 g/mol. The van der Waals surface area contributed by atoms with E-state index >= 15 is 0 Å². The maximum Gasteiger partial charge on any atom is 0.410 e. The van der Waals surface area contributed by atoms with Gasteiger partial charge in [-0.2, -0.15) is 0 Å². The first-order chi connectivity index (χ1) is 14.6. The van der Waals surface area contributed by atoms with Crippen LogP contribution in [-0.2, 0) is 4.74 Å². The Bertz CT molecular complexity index is 955. The molecule has 4 atom stereocenters. The van der Waals surface area contributed by atoms with Crippen molar-refractivity contribution in [2.24, 2.45) is 17.8 Å². The first-order valence-corrected chi connectivity index (χ1v) is 10.6. The highest BCUT2D eigenvalue weighted by Crippen LogP contribution is 2.44. The molecule has 2 saturated heterocycles. The molecule has 5 rings (SSSR count). The number of ether oxygens (including phenoxy) is 1. The molecule has 3 unspecified atom stereocenters. The lowest BCUT2D eigenvalue weighted by Gasteiger charge is -2.46. The van der Waals surface area contributed by atoms with Crippen molar-refractivity contribution in [2.45, 2.75) is 31.7 Å². The zero-order valence-electron chi connectivity index (χ0n) is 16.6. The summed E-state index contributed by atoms with van der Waals surface area (Å²) in [5.41, 5.74) is 1.91. The van der Waals surface area contributed by atoms with Gasteiger partial charge in [0.25, 0.3) is 0 Å². The molecule has 30 heavy (non-hydrogen) atoms. The van der Waals surface area contributed by atoms with Crippen molar-refractivity contribution in [1.29, 1.82) is 0 Å². The van der Waals surface area contributed by atoms with E-state index in [1.165, 1.54) is 37.8 Å². The average molecular weight is 410 g/mol. The average Bonchev–Trinajstić information content (AvgIpc) is 3.11. The number of fused-ring (bicyclic) bond motifs is 2. The maximum atomic E-state index is 13.5. The first kappa shape index (κ1) is 19.2. The van der Waals surface area contributed by atoms with Gasteiger partial charge in [-0.15, -0.1) is 0 Å². The van der Waals surface area contributed by atoms with Crippen molar-refractivity contribution in [3.05, 3.63) is 59.9 Å². The number of carbonyl (C=O) groups is 1. The number of hydrogen-bond acceptors (Lipinski definition) is 3. The van der Waals surface area contributed by atoms with Gasteiger partial charge in [-0.25, -0.2) is 13.6 Å². The Balaban J connectivity index is 1.37. The minimum Gasteiger partial charge on any atom is -0.447 e. The number of benzene rings is 1. The van der Waals surface area contributed by atoms with Crippen LogP contribution in [0.2, 0.25) is 0 Å². The first-order valence-electron chi connectivity index (χ1n) is 10.6. The normalized spacial score (nSPS) is 28.3. The minimum absolute atomic E-state index is 0.0997. The Kier molecular flexibility index (Phi) is 5.01. The summed E-state index contributed by atoms with van der Waals surface area (Å²) in [7, 11) is 0. The summed E-state index contributed by atoms with van der Waals surface area (Å²) in [6.07, 6.45) is 10.5. The lowest BCUT2D eigenvalue weighted by molar-refractivity contribution is 0.0472. The molecule has 0 bridgehead atoms. The van der Waals surface area contributed by atoms with Crippen molar-refractivity contribution in [1.82, 2.24) is 9.88 Å². The maximum absolute atomic E-state index is 13.5. The van der Waals surface area contributed by atoms with E-state index in [2.05, 4.69) is 11.1 Å². The molecule has 3 fully saturated rings. The molecule has 0 radical (unpaired) electrons. The lowest BCUT2D eigenvalue weighted by Crippen LogP contribution is -2.52. The highest BCUT2D eigenvalue weighted by molar-refractivity contribution is 5.70. The molecule has 1 aromatic carbocycles. The topological polar surface area (TPSA) is 42.4 Å². The second kappa shape index (κ2) is 7.82. The van der Waals surface area contributed by atoms with Crippen LogP contribution in [0.5, 0.6) is 0 Å². The number of cyclic esters (lactones) is 1. The fourth-order valence-corrected chi connectivity index (χ4v) is 5.38. The van der Waals surface area contributed by atoms with Crippen LogP contribution in [-0.4, -0.2) is 35.2 Å². The molecule has 0 spiro atoms. The number of aromatic nitrogens is 1. The fourth-order valence-electron chi connectivity index (χ4n) is 5.38. The molecule has 1 aliphatic carbocycles. The summed E-state index contributed by atoms with van der Waals surface area (Å²) >= 11 is 0. The van der Waals surface area contributed by atoms with Gasteiger partial charge in [-0.05, 0) is 54.5 Å². The van der Waals surface area contributed by atoms with Gasteiger partial charge in [-0.1, -0.05) is 25.0 Å². The molecule has 156 valence electrons. The van der Waals surface area contributed by atoms with Crippen molar-refractivity contribution >= 4 is 12.2 Å². The van der Waals surface area contributed by atoms with Gasteiger partial charge >= 0.3 is 6.09 Å². The van der Waals surface area contributed by atoms with Gasteiger partial charge in [0.05, 0.1) is 11.7 Å². The van der Waals surface area contributed by atoms with E-state index in [-0.39, 0.29) is 18.1 Å². The van der Waals surface area contributed by atoms with Crippen molar-refractivity contribution in [3.8, 4) is 11.1 Å². The van der Waals surface area contributed by atoms with Gasteiger partial charge in [0.1, 0.15) is 18.2 Å². The standard InChI is InChI=1S/C24H24F2N2O2/c25-18-9-17(10-19(26)11-18)15-5-6-20(27-12-15)7-8-22-21-4-2-1-3-16(21)13-28-23(22)14-30-24(28)29/h5-12,16,21-23H,1-4,13-14H2/b8-7+/t16?,21?,22?,23-/m1/s1. The summed E-state index contributed by atoms with van der Waals surface area (Å²) < 4.78 is 32.3. The monoisotopic (exact) mass is 410 g/mol. The Morgan fingerprint density at radius 2 is 1.87 bits per heavy atom. The van der Waals surface area contributed by atoms with Crippen molar-refractivity contribution < 1.29 is 18.3 Å². The highest BCUT2D eigenvalue weighted by atomic mass is 19.1. The van der Waals surface area contributed by atoms with E-state index in [0.717, 1.165) is 18.3 Å². The fraction of sp³-hybridized carbons (Fsp3) is 0.417. The number of rotatable bonds is 3. The molecule has 2 aliphatic heterocycles. The second-order valence-electron chi connectivity index (χ2n) is 8.57. The summed E-state index contributed by atoms with van der Waals surface area (Å²) in [4.78, 5) is 18.5. The summed E-state index contributed by atoms with van der Waals surface area (Å²) in [5, 5.41) is 0. The highest BCUT2D eigenvalue weighted by Gasteiger charge is 2.48. The molecule has 6 heteroatoms. The van der Waals surface area contributed by atoms with E-state index in [1.807, 2.05) is 23.1 Å². The molecule has 1 saturated carbocycles. The van der Waals surface area contributed by atoms with Gasteiger partial charge in [-0.3, -0.25) is 4.98 Å². The van der Waals surface area contributed by atoms with Gasteiger partial charge in [0.2, 0.25) is 0 Å². The lowest BCUT2D eigenvalue weighted by atomic mass is 9.67. The van der Waals surface area contributed by atoms with Crippen LogP contribution in [0.15, 0.2) is 42.6 Å². The van der Waals surface area contributed by atoms with Crippen LogP contribution in [0.3, 0.4) is 0 Å². The molecular formula is C24H24F2N2O2. The number of piperidine rings is 1. The number of halogens is 2. The molecule has 1 aromatic heterocycles. The number of pyridine rings is 1. The van der Waals surface area contributed by atoms with Crippen LogP contribution in [0, 0.1) is 29.4 Å². The molecule has 4 nitrogen and oxygen atoms in total. The van der Waals surface area contributed by atoms with E-state index < -0.39 is 11.6 Å².